The Bertz CT molecular complexity index is 226. The summed E-state index contributed by atoms with van der Waals surface area (Å²) in [5.41, 5.74) is -0.543. The Hall–Kier alpha value is -0.860. The maximum absolute atomic E-state index is 11.0. The molecule has 3 heteroatoms. The van der Waals surface area contributed by atoms with Crippen LogP contribution in [0.2, 0.25) is 0 Å². The first-order valence-corrected chi connectivity index (χ1v) is 5.72. The molecule has 0 spiro atoms. The highest BCUT2D eigenvalue weighted by Gasteiger charge is 2.34. The third-order valence-electron chi connectivity index (χ3n) is 3.28. The van der Waals surface area contributed by atoms with E-state index in [4.69, 9.17) is 0 Å². The summed E-state index contributed by atoms with van der Waals surface area (Å²) in [5.74, 6) is 0. The second-order valence-electron chi connectivity index (χ2n) is 4.89. The van der Waals surface area contributed by atoms with Crippen LogP contribution >= 0.6 is 0 Å². The van der Waals surface area contributed by atoms with Gasteiger partial charge in [-0.2, -0.15) is 0 Å². The lowest BCUT2D eigenvalue weighted by Crippen LogP contribution is -2.46. The van der Waals surface area contributed by atoms with Crippen molar-refractivity contribution in [3.05, 3.63) is 0 Å². The molecule has 1 saturated heterocycles. The van der Waals surface area contributed by atoms with Crippen molar-refractivity contribution in [3.63, 3.8) is 0 Å². The van der Waals surface area contributed by atoms with Gasteiger partial charge < -0.3 is 4.90 Å². The average molecular weight is 210 g/mol. The molecule has 0 bridgehead atoms. The molecular weight excluding hydrogens is 190 g/mol. The van der Waals surface area contributed by atoms with Crippen LogP contribution in [0.1, 0.15) is 46.0 Å². The van der Waals surface area contributed by atoms with Crippen molar-refractivity contribution in [3.8, 4) is 0 Å². The Morgan fingerprint density at radius 3 is 2.53 bits per heavy atom. The molecule has 15 heavy (non-hydrogen) atoms. The van der Waals surface area contributed by atoms with E-state index < -0.39 is 5.41 Å². The maximum atomic E-state index is 11.0. The number of hydrogen-bond donors (Lipinski definition) is 0. The lowest BCUT2D eigenvalue weighted by atomic mass is 9.81. The van der Waals surface area contributed by atoms with Crippen molar-refractivity contribution in [2.24, 2.45) is 5.41 Å². The minimum atomic E-state index is -0.543. The topological polar surface area (TPSA) is 37.4 Å². The highest BCUT2D eigenvalue weighted by Crippen LogP contribution is 2.28. The van der Waals surface area contributed by atoms with Crippen molar-refractivity contribution >= 4 is 12.7 Å². The van der Waals surface area contributed by atoms with E-state index in [2.05, 4.69) is 6.29 Å². The van der Waals surface area contributed by atoms with Crippen LogP contribution in [0.4, 0.5) is 0 Å². The van der Waals surface area contributed by atoms with Crippen LogP contribution in [0.3, 0.4) is 0 Å². The van der Waals surface area contributed by atoms with Gasteiger partial charge in [-0.1, -0.05) is 33.1 Å². The summed E-state index contributed by atoms with van der Waals surface area (Å²) in [6.07, 6.45) is 8.41. The smallest absolute Gasteiger partial charge is 0.209 e. The SMILES string of the molecule is CC(C)([C]=O)C1CCCCCCN1C=O. The largest absolute Gasteiger partial charge is 0.341 e. The molecule has 1 aliphatic heterocycles. The van der Waals surface area contributed by atoms with E-state index in [1.54, 1.807) is 4.90 Å². The van der Waals surface area contributed by atoms with Gasteiger partial charge in [-0.05, 0) is 12.8 Å². The molecule has 1 heterocycles. The van der Waals surface area contributed by atoms with Crippen LogP contribution in [-0.4, -0.2) is 30.2 Å². The third kappa shape index (κ3) is 3.05. The zero-order chi connectivity index (χ0) is 11.3. The molecular formula is C12H20NO2. The van der Waals surface area contributed by atoms with Crippen LogP contribution < -0.4 is 0 Å². The highest BCUT2D eigenvalue weighted by atomic mass is 16.1. The number of nitrogens with zero attached hydrogens (tertiary/aromatic N) is 1. The molecule has 0 aromatic carbocycles. The second kappa shape index (κ2) is 5.29. The molecule has 1 atom stereocenters. The molecule has 0 saturated carbocycles. The van der Waals surface area contributed by atoms with Gasteiger partial charge in [-0.25, -0.2) is 0 Å². The lowest BCUT2D eigenvalue weighted by Gasteiger charge is -2.38. The number of hydrogen-bond acceptors (Lipinski definition) is 2. The Morgan fingerprint density at radius 2 is 1.93 bits per heavy atom. The fraction of sp³-hybridized carbons (Fsp3) is 0.833. The zero-order valence-corrected chi connectivity index (χ0v) is 9.66. The lowest BCUT2D eigenvalue weighted by molar-refractivity contribution is -0.122. The second-order valence-corrected chi connectivity index (χ2v) is 4.89. The summed E-state index contributed by atoms with van der Waals surface area (Å²) in [7, 11) is 0. The van der Waals surface area contributed by atoms with E-state index in [1.807, 2.05) is 13.8 Å². The predicted molar refractivity (Wildman–Crippen MR) is 59.1 cm³/mol. The van der Waals surface area contributed by atoms with Gasteiger partial charge in [0.25, 0.3) is 0 Å². The molecule has 1 rings (SSSR count). The van der Waals surface area contributed by atoms with Crippen LogP contribution in [0.25, 0.3) is 0 Å². The van der Waals surface area contributed by atoms with E-state index >= 15 is 0 Å². The molecule has 1 amide bonds. The van der Waals surface area contributed by atoms with Gasteiger partial charge in [-0.15, -0.1) is 0 Å². The molecule has 0 aromatic rings. The fourth-order valence-corrected chi connectivity index (χ4v) is 2.28. The van der Waals surface area contributed by atoms with Gasteiger partial charge in [0, 0.05) is 12.6 Å². The monoisotopic (exact) mass is 210 g/mol. The fourth-order valence-electron chi connectivity index (χ4n) is 2.28. The van der Waals surface area contributed by atoms with Crippen LogP contribution in [-0.2, 0) is 9.59 Å². The van der Waals surface area contributed by atoms with Crippen LogP contribution in [0.5, 0.6) is 0 Å². The Morgan fingerprint density at radius 1 is 1.27 bits per heavy atom. The first-order chi connectivity index (χ1) is 7.11. The van der Waals surface area contributed by atoms with E-state index in [0.717, 1.165) is 32.2 Å². The first kappa shape index (κ1) is 12.2. The predicted octanol–water partition coefficient (Wildman–Crippen LogP) is 1.91. The Balaban J connectivity index is 2.77. The van der Waals surface area contributed by atoms with Crippen molar-refractivity contribution in [1.82, 2.24) is 4.90 Å². The van der Waals surface area contributed by atoms with Gasteiger partial charge in [0.1, 0.15) is 0 Å². The normalized spacial score (nSPS) is 24.1. The summed E-state index contributed by atoms with van der Waals surface area (Å²) < 4.78 is 0. The van der Waals surface area contributed by atoms with Crippen molar-refractivity contribution in [2.75, 3.05) is 6.54 Å². The van der Waals surface area contributed by atoms with Gasteiger partial charge in [0.15, 0.2) is 0 Å². The van der Waals surface area contributed by atoms with E-state index in [1.165, 1.54) is 12.8 Å². The molecule has 1 fully saturated rings. The molecule has 0 N–H and O–H groups in total. The number of likely N-dealkylation sites (tertiary alicyclic amines) is 1. The average Bonchev–Trinajstić information content (AvgIpc) is 2.17. The zero-order valence-electron chi connectivity index (χ0n) is 9.66. The van der Waals surface area contributed by atoms with Crippen molar-refractivity contribution in [2.45, 2.75) is 52.0 Å². The molecule has 1 unspecified atom stereocenters. The Labute approximate surface area is 91.8 Å². The molecule has 85 valence electrons. The first-order valence-electron chi connectivity index (χ1n) is 5.72. The minimum Gasteiger partial charge on any atom is -0.341 e. The van der Waals surface area contributed by atoms with Crippen LogP contribution in [0.15, 0.2) is 0 Å². The van der Waals surface area contributed by atoms with Crippen LogP contribution in [0, 0.1) is 5.41 Å². The molecule has 3 nitrogen and oxygen atoms in total. The molecule has 0 aliphatic carbocycles. The molecule has 1 radical (unpaired) electrons. The van der Waals surface area contributed by atoms with E-state index in [-0.39, 0.29) is 6.04 Å². The van der Waals surface area contributed by atoms with Crippen molar-refractivity contribution in [1.29, 1.82) is 0 Å². The van der Waals surface area contributed by atoms with Gasteiger partial charge in [0.05, 0.1) is 5.41 Å². The van der Waals surface area contributed by atoms with E-state index in [9.17, 15) is 9.59 Å². The van der Waals surface area contributed by atoms with Gasteiger partial charge in [0.2, 0.25) is 12.7 Å². The maximum Gasteiger partial charge on any atom is 0.209 e. The quantitative estimate of drug-likeness (QED) is 0.667. The van der Waals surface area contributed by atoms with Crippen molar-refractivity contribution < 1.29 is 9.59 Å². The summed E-state index contributed by atoms with van der Waals surface area (Å²) >= 11 is 0. The summed E-state index contributed by atoms with van der Waals surface area (Å²) in [6, 6.07) is 0.0211. The number of amides is 1. The van der Waals surface area contributed by atoms with E-state index in [0.29, 0.717) is 0 Å². The standard InChI is InChI=1S/C12H20NO2/c1-12(2,9-14)11-7-5-3-4-6-8-13(11)10-15/h10-11H,3-8H2,1-2H3. The number of carbonyl (C=O) groups is 1. The Kier molecular flexibility index (Phi) is 4.30. The number of carbonyl (C=O) groups excluding carboxylic acids is 2. The molecule has 1 aliphatic rings. The third-order valence-corrected chi connectivity index (χ3v) is 3.28. The minimum absolute atomic E-state index is 0.0211. The summed E-state index contributed by atoms with van der Waals surface area (Å²) in [5, 5.41) is 0. The summed E-state index contributed by atoms with van der Waals surface area (Å²) in [4.78, 5) is 23.7. The highest BCUT2D eigenvalue weighted by molar-refractivity contribution is 5.62. The summed E-state index contributed by atoms with van der Waals surface area (Å²) in [6.45, 7) is 4.50. The van der Waals surface area contributed by atoms with Gasteiger partial charge >= 0.3 is 0 Å². The molecule has 0 aromatic heterocycles. The number of rotatable bonds is 3. The van der Waals surface area contributed by atoms with Gasteiger partial charge in [-0.3, -0.25) is 9.59 Å².